The number of carbonyl (C=O) groups is 1. The zero-order valence-electron chi connectivity index (χ0n) is 18.3. The first-order valence-electron chi connectivity index (χ1n) is 10.3. The van der Waals surface area contributed by atoms with E-state index in [-0.39, 0.29) is 22.7 Å². The zero-order valence-corrected chi connectivity index (χ0v) is 19.3. The largest absolute Gasteiger partial charge is 0.414 e. The summed E-state index contributed by atoms with van der Waals surface area (Å²) >= 11 is 0. The average molecular weight is 427 g/mol. The number of non-ortho nitro benzene ring substituents is 1. The van der Waals surface area contributed by atoms with E-state index in [0.717, 1.165) is 16.8 Å². The van der Waals surface area contributed by atoms with E-state index in [4.69, 9.17) is 4.43 Å². The molecule has 1 heterocycles. The fourth-order valence-electron chi connectivity index (χ4n) is 3.46. The third-order valence-electron chi connectivity index (χ3n) is 6.31. The Labute approximate surface area is 179 Å². The maximum absolute atomic E-state index is 13.1. The van der Waals surface area contributed by atoms with Crippen LogP contribution in [0.5, 0.6) is 0 Å². The fraction of sp³-hybridized carbons (Fsp3) is 0.435. The first kappa shape index (κ1) is 22.2. The van der Waals surface area contributed by atoms with Crippen molar-refractivity contribution in [3.8, 4) is 0 Å². The third-order valence-corrected chi connectivity index (χ3v) is 10.8. The number of hydrogen-bond donors (Lipinski definition) is 0. The molecule has 0 spiro atoms. The van der Waals surface area contributed by atoms with E-state index in [2.05, 4.69) is 33.9 Å². The molecule has 0 aromatic heterocycles. The maximum Gasteiger partial charge on any atom is 0.269 e. The summed E-state index contributed by atoms with van der Waals surface area (Å²) in [5.41, 5.74) is 2.62. The van der Waals surface area contributed by atoms with Gasteiger partial charge < -0.3 is 9.33 Å². The molecule has 0 saturated carbocycles. The molecule has 0 radical (unpaired) electrons. The van der Waals surface area contributed by atoms with Gasteiger partial charge in [0.2, 0.25) is 5.91 Å². The number of rotatable bonds is 6. The van der Waals surface area contributed by atoms with Gasteiger partial charge >= 0.3 is 0 Å². The Bertz CT molecular complexity index is 938. The second kappa shape index (κ2) is 8.32. The van der Waals surface area contributed by atoms with Gasteiger partial charge in [-0.25, -0.2) is 0 Å². The summed E-state index contributed by atoms with van der Waals surface area (Å²) < 4.78 is 6.53. The van der Waals surface area contributed by atoms with Gasteiger partial charge in [-0.3, -0.25) is 14.9 Å². The van der Waals surface area contributed by atoms with Crippen LogP contribution < -0.4 is 4.90 Å². The summed E-state index contributed by atoms with van der Waals surface area (Å²) in [5, 5.41) is 11.3. The first-order valence-corrected chi connectivity index (χ1v) is 13.2. The zero-order chi connectivity index (χ0) is 22.1. The van der Waals surface area contributed by atoms with E-state index in [1.54, 1.807) is 17.0 Å². The Balaban J connectivity index is 2.02. The summed E-state index contributed by atoms with van der Waals surface area (Å²) in [6.07, 6.45) is 0.842. The van der Waals surface area contributed by atoms with Crippen LogP contribution in [0.1, 0.15) is 44.4 Å². The lowest BCUT2D eigenvalue weighted by Crippen LogP contribution is -2.46. The van der Waals surface area contributed by atoms with Gasteiger partial charge in [-0.05, 0) is 41.7 Å². The summed E-state index contributed by atoms with van der Waals surface area (Å²) in [4.78, 5) is 25.7. The number of aryl methyl sites for hydroxylation is 1. The number of carbonyl (C=O) groups excluding carboxylic acids is 1. The van der Waals surface area contributed by atoms with Crippen LogP contribution in [-0.4, -0.2) is 25.8 Å². The Hall–Kier alpha value is -2.51. The number of anilines is 1. The number of fused-ring (bicyclic) bond motifs is 1. The SMILES string of the molecule is CC(C)(C)[Si](C)(C)OCC(c1ccccc1)N1C(=O)CCc2cc([N+](=O)[O-])ccc21. The molecule has 160 valence electrons. The molecule has 6 nitrogen and oxygen atoms in total. The molecule has 1 aliphatic heterocycles. The Morgan fingerprint density at radius 2 is 1.80 bits per heavy atom. The van der Waals surface area contributed by atoms with Crippen molar-refractivity contribution >= 4 is 25.6 Å². The van der Waals surface area contributed by atoms with E-state index in [0.29, 0.717) is 19.4 Å². The molecule has 1 atom stereocenters. The molecule has 1 amide bonds. The molecule has 30 heavy (non-hydrogen) atoms. The number of nitro benzene ring substituents is 1. The summed E-state index contributed by atoms with van der Waals surface area (Å²) in [7, 11) is -2.03. The molecular weight excluding hydrogens is 396 g/mol. The third kappa shape index (κ3) is 4.47. The van der Waals surface area contributed by atoms with Crippen molar-refractivity contribution in [1.29, 1.82) is 0 Å². The number of benzene rings is 2. The maximum atomic E-state index is 13.1. The number of amides is 1. The standard InChI is InChI=1S/C23H30N2O4Si/c1-23(2,3)30(4,5)29-16-21(17-9-7-6-8-10-17)24-20-13-12-19(25(27)28)15-18(20)11-14-22(24)26/h6-10,12-13,15,21H,11,14,16H2,1-5H3. The molecule has 3 rings (SSSR count). The van der Waals surface area contributed by atoms with Gasteiger partial charge in [0.25, 0.3) is 5.69 Å². The quantitative estimate of drug-likeness (QED) is 0.340. The van der Waals surface area contributed by atoms with Crippen molar-refractivity contribution in [2.24, 2.45) is 0 Å². The first-order chi connectivity index (χ1) is 14.0. The van der Waals surface area contributed by atoms with Gasteiger partial charge in [0.15, 0.2) is 8.32 Å². The van der Waals surface area contributed by atoms with Gasteiger partial charge in [0.1, 0.15) is 0 Å². The van der Waals surface area contributed by atoms with Crippen LogP contribution in [0.25, 0.3) is 0 Å². The smallest absolute Gasteiger partial charge is 0.269 e. The van der Waals surface area contributed by atoms with Gasteiger partial charge in [-0.2, -0.15) is 0 Å². The molecule has 0 bridgehead atoms. The lowest BCUT2D eigenvalue weighted by Gasteiger charge is -2.41. The number of nitro groups is 1. The molecule has 0 aliphatic carbocycles. The van der Waals surface area contributed by atoms with Crippen LogP contribution in [0.2, 0.25) is 18.1 Å². The lowest BCUT2D eigenvalue weighted by atomic mass is 9.96. The minimum absolute atomic E-state index is 0.0176. The minimum atomic E-state index is -2.03. The fourth-order valence-corrected chi connectivity index (χ4v) is 4.47. The normalized spacial score (nSPS) is 15.6. The van der Waals surface area contributed by atoms with Gasteiger partial charge in [0, 0.05) is 24.2 Å². The predicted octanol–water partition coefficient (Wildman–Crippen LogP) is 5.64. The minimum Gasteiger partial charge on any atom is -0.414 e. The summed E-state index contributed by atoms with van der Waals surface area (Å²) in [5.74, 6) is 0.0176. The predicted molar refractivity (Wildman–Crippen MR) is 121 cm³/mol. The van der Waals surface area contributed by atoms with Crippen LogP contribution in [0.3, 0.4) is 0 Å². The van der Waals surface area contributed by atoms with Crippen molar-refractivity contribution < 1.29 is 14.1 Å². The van der Waals surface area contributed by atoms with Gasteiger partial charge in [0.05, 0.1) is 17.6 Å². The van der Waals surface area contributed by atoms with Crippen molar-refractivity contribution in [2.45, 2.75) is 57.8 Å². The van der Waals surface area contributed by atoms with Crippen LogP contribution in [0.4, 0.5) is 11.4 Å². The molecule has 2 aromatic rings. The van der Waals surface area contributed by atoms with Gasteiger partial charge in [-0.15, -0.1) is 0 Å². The monoisotopic (exact) mass is 426 g/mol. The van der Waals surface area contributed by atoms with Crippen LogP contribution in [-0.2, 0) is 15.6 Å². The molecule has 1 unspecified atom stereocenters. The Morgan fingerprint density at radius 1 is 1.13 bits per heavy atom. The van der Waals surface area contributed by atoms with Crippen molar-refractivity contribution in [2.75, 3.05) is 11.5 Å². The molecular formula is C23H30N2O4Si. The molecule has 0 saturated heterocycles. The second-order valence-corrected chi connectivity index (χ2v) is 14.1. The highest BCUT2D eigenvalue weighted by molar-refractivity contribution is 6.74. The highest BCUT2D eigenvalue weighted by atomic mass is 28.4. The molecule has 7 heteroatoms. The Morgan fingerprint density at radius 3 is 2.40 bits per heavy atom. The van der Waals surface area contributed by atoms with E-state index in [1.165, 1.54) is 6.07 Å². The molecule has 2 aromatic carbocycles. The van der Waals surface area contributed by atoms with Crippen LogP contribution in [0, 0.1) is 10.1 Å². The van der Waals surface area contributed by atoms with Crippen molar-refractivity contribution in [3.05, 3.63) is 69.8 Å². The van der Waals surface area contributed by atoms with Crippen LogP contribution in [0.15, 0.2) is 48.5 Å². The van der Waals surface area contributed by atoms with Crippen molar-refractivity contribution in [1.82, 2.24) is 0 Å². The van der Waals surface area contributed by atoms with E-state index >= 15 is 0 Å². The van der Waals surface area contributed by atoms with E-state index in [9.17, 15) is 14.9 Å². The summed E-state index contributed by atoms with van der Waals surface area (Å²) in [6.45, 7) is 11.4. The van der Waals surface area contributed by atoms with Crippen molar-refractivity contribution in [3.63, 3.8) is 0 Å². The molecule has 1 aliphatic rings. The van der Waals surface area contributed by atoms with Crippen LogP contribution >= 0.6 is 0 Å². The topological polar surface area (TPSA) is 72.7 Å². The number of hydrogen-bond acceptors (Lipinski definition) is 4. The number of nitrogens with zero attached hydrogens (tertiary/aromatic N) is 2. The van der Waals surface area contributed by atoms with E-state index < -0.39 is 13.2 Å². The average Bonchev–Trinajstić information content (AvgIpc) is 2.69. The van der Waals surface area contributed by atoms with E-state index in [1.807, 2.05) is 30.3 Å². The highest BCUT2D eigenvalue weighted by Crippen LogP contribution is 2.40. The second-order valence-electron chi connectivity index (χ2n) is 9.33. The molecule has 0 N–H and O–H groups in total. The summed E-state index contributed by atoms with van der Waals surface area (Å²) in [6, 6.07) is 14.4. The highest BCUT2D eigenvalue weighted by Gasteiger charge is 2.39. The lowest BCUT2D eigenvalue weighted by molar-refractivity contribution is -0.384. The Kier molecular flexibility index (Phi) is 6.15. The molecule has 0 fully saturated rings. The van der Waals surface area contributed by atoms with Gasteiger partial charge in [-0.1, -0.05) is 51.1 Å².